The van der Waals surface area contributed by atoms with E-state index in [9.17, 15) is 9.59 Å². The van der Waals surface area contributed by atoms with Crippen molar-refractivity contribution in [2.45, 2.75) is 38.3 Å². The highest BCUT2D eigenvalue weighted by molar-refractivity contribution is 9.10. The zero-order valence-corrected chi connectivity index (χ0v) is 15.5. The van der Waals surface area contributed by atoms with Crippen LogP contribution in [-0.2, 0) is 6.54 Å². The Labute approximate surface area is 156 Å². The molecule has 0 saturated heterocycles. The van der Waals surface area contributed by atoms with Crippen molar-refractivity contribution >= 4 is 27.7 Å². The van der Waals surface area contributed by atoms with Crippen LogP contribution >= 0.6 is 15.9 Å². The molecular weight excluding hydrogens is 380 g/mol. The topological polar surface area (TPSA) is 58.2 Å². The van der Waals surface area contributed by atoms with Crippen LogP contribution in [0.4, 0.5) is 0 Å². The highest BCUT2D eigenvalue weighted by Crippen LogP contribution is 2.18. The fourth-order valence-corrected chi connectivity index (χ4v) is 3.26. The van der Waals surface area contributed by atoms with E-state index in [4.69, 9.17) is 0 Å². The molecule has 2 aromatic rings. The van der Waals surface area contributed by atoms with Crippen LogP contribution in [0.3, 0.4) is 0 Å². The first-order valence-corrected chi connectivity index (χ1v) is 9.35. The largest absolute Gasteiger partial charge is 0.349 e. The van der Waals surface area contributed by atoms with Gasteiger partial charge in [-0.05, 0) is 54.8 Å². The third-order valence-corrected chi connectivity index (χ3v) is 4.99. The van der Waals surface area contributed by atoms with Crippen molar-refractivity contribution in [2.75, 3.05) is 0 Å². The maximum Gasteiger partial charge on any atom is 0.251 e. The minimum absolute atomic E-state index is 0.0163. The number of hydrogen-bond donors (Lipinski definition) is 2. The summed E-state index contributed by atoms with van der Waals surface area (Å²) in [5, 5.41) is 5.97. The number of carbonyl (C=O) groups is 2. The van der Waals surface area contributed by atoms with Crippen molar-refractivity contribution < 1.29 is 9.59 Å². The summed E-state index contributed by atoms with van der Waals surface area (Å²) >= 11 is 3.35. The molecule has 1 saturated carbocycles. The summed E-state index contributed by atoms with van der Waals surface area (Å²) in [7, 11) is 0. The average molecular weight is 401 g/mol. The molecule has 1 aliphatic carbocycles. The third-order valence-electron chi connectivity index (χ3n) is 4.47. The van der Waals surface area contributed by atoms with Gasteiger partial charge in [0.1, 0.15) is 0 Å². The second-order valence-electron chi connectivity index (χ2n) is 6.34. The molecule has 5 heteroatoms. The predicted octanol–water partition coefficient (Wildman–Crippen LogP) is 4.05. The minimum atomic E-state index is -0.115. The maximum absolute atomic E-state index is 12.2. The third kappa shape index (κ3) is 4.92. The Morgan fingerprint density at radius 1 is 0.880 bits per heavy atom. The van der Waals surface area contributed by atoms with E-state index in [1.54, 1.807) is 12.1 Å². The lowest BCUT2D eigenvalue weighted by Crippen LogP contribution is -2.32. The van der Waals surface area contributed by atoms with Gasteiger partial charge in [0.25, 0.3) is 11.8 Å². The first kappa shape index (κ1) is 17.7. The van der Waals surface area contributed by atoms with E-state index >= 15 is 0 Å². The van der Waals surface area contributed by atoms with Crippen molar-refractivity contribution in [1.29, 1.82) is 0 Å². The zero-order valence-electron chi connectivity index (χ0n) is 13.9. The second kappa shape index (κ2) is 8.30. The Hall–Kier alpha value is -2.14. The van der Waals surface area contributed by atoms with Gasteiger partial charge in [-0.3, -0.25) is 9.59 Å². The Kier molecular flexibility index (Phi) is 5.87. The molecule has 1 fully saturated rings. The monoisotopic (exact) mass is 400 g/mol. The highest BCUT2D eigenvalue weighted by Gasteiger charge is 2.17. The molecule has 4 nitrogen and oxygen atoms in total. The number of carbonyl (C=O) groups excluding carboxylic acids is 2. The Balaban J connectivity index is 1.52. The first-order valence-electron chi connectivity index (χ1n) is 8.55. The average Bonchev–Trinajstić information content (AvgIpc) is 3.13. The maximum atomic E-state index is 12.2. The van der Waals surface area contributed by atoms with Crippen molar-refractivity contribution in [3.63, 3.8) is 0 Å². The molecule has 2 N–H and O–H groups in total. The van der Waals surface area contributed by atoms with E-state index in [0.717, 1.165) is 22.9 Å². The fourth-order valence-electron chi connectivity index (χ4n) is 3.00. The summed E-state index contributed by atoms with van der Waals surface area (Å²) in [6.45, 7) is 0.430. The molecule has 0 bridgehead atoms. The molecule has 0 unspecified atom stereocenters. The van der Waals surface area contributed by atoms with Gasteiger partial charge in [-0.25, -0.2) is 0 Å². The molecule has 1 aliphatic rings. The van der Waals surface area contributed by atoms with E-state index in [1.807, 2.05) is 36.4 Å². The number of rotatable bonds is 5. The standard InChI is InChI=1S/C20H21BrN2O2/c21-17-11-9-15(10-12-17)19(24)22-13-14-5-7-16(8-6-14)20(25)23-18-3-1-2-4-18/h5-12,18H,1-4,13H2,(H,22,24)(H,23,25). The lowest BCUT2D eigenvalue weighted by molar-refractivity contribution is 0.0933. The lowest BCUT2D eigenvalue weighted by atomic mass is 10.1. The normalized spacial score (nSPS) is 14.3. The lowest BCUT2D eigenvalue weighted by Gasteiger charge is -2.12. The van der Waals surface area contributed by atoms with E-state index < -0.39 is 0 Å². The molecule has 0 spiro atoms. The Morgan fingerprint density at radius 3 is 2.08 bits per heavy atom. The van der Waals surface area contributed by atoms with Gasteiger partial charge in [0.05, 0.1) is 0 Å². The molecule has 0 radical (unpaired) electrons. The molecular formula is C20H21BrN2O2. The van der Waals surface area contributed by atoms with Crippen LogP contribution in [0.1, 0.15) is 52.0 Å². The first-order chi connectivity index (χ1) is 12.1. The summed E-state index contributed by atoms with van der Waals surface area (Å²) in [5.74, 6) is -0.132. The van der Waals surface area contributed by atoms with E-state index in [2.05, 4.69) is 26.6 Å². The van der Waals surface area contributed by atoms with Gasteiger partial charge in [0.15, 0.2) is 0 Å². The summed E-state index contributed by atoms with van der Waals surface area (Å²) in [4.78, 5) is 24.3. The van der Waals surface area contributed by atoms with Gasteiger partial charge >= 0.3 is 0 Å². The molecule has 3 rings (SSSR count). The Morgan fingerprint density at radius 2 is 1.44 bits per heavy atom. The summed E-state index contributed by atoms with van der Waals surface area (Å²) in [6, 6.07) is 14.9. The number of nitrogens with one attached hydrogen (secondary N) is 2. The number of benzene rings is 2. The van der Waals surface area contributed by atoms with Crippen molar-refractivity contribution in [1.82, 2.24) is 10.6 Å². The van der Waals surface area contributed by atoms with Crippen LogP contribution in [-0.4, -0.2) is 17.9 Å². The quantitative estimate of drug-likeness (QED) is 0.794. The summed E-state index contributed by atoms with van der Waals surface area (Å²) < 4.78 is 0.940. The van der Waals surface area contributed by atoms with E-state index in [-0.39, 0.29) is 11.8 Å². The smallest absolute Gasteiger partial charge is 0.251 e. The SMILES string of the molecule is O=C(NCc1ccc(C(=O)NC2CCCC2)cc1)c1ccc(Br)cc1. The molecule has 0 atom stereocenters. The number of amides is 2. The Bertz CT molecular complexity index is 735. The van der Waals surface area contributed by atoms with Crippen LogP contribution in [0, 0.1) is 0 Å². The molecule has 0 aliphatic heterocycles. The van der Waals surface area contributed by atoms with E-state index in [1.165, 1.54) is 12.8 Å². The van der Waals surface area contributed by atoms with Crippen LogP contribution in [0.25, 0.3) is 0 Å². The van der Waals surface area contributed by atoms with E-state index in [0.29, 0.717) is 23.7 Å². The second-order valence-corrected chi connectivity index (χ2v) is 7.26. The summed E-state index contributed by atoms with van der Waals surface area (Å²) in [6.07, 6.45) is 4.54. The van der Waals surface area contributed by atoms with Crippen LogP contribution in [0.15, 0.2) is 53.0 Å². The fraction of sp³-hybridized carbons (Fsp3) is 0.300. The van der Waals surface area contributed by atoms with Crippen molar-refractivity contribution in [2.24, 2.45) is 0 Å². The van der Waals surface area contributed by atoms with Gasteiger partial charge in [0.2, 0.25) is 0 Å². The molecule has 2 amide bonds. The molecule has 2 aromatic carbocycles. The van der Waals surface area contributed by atoms with Crippen LogP contribution in [0.2, 0.25) is 0 Å². The van der Waals surface area contributed by atoms with Gasteiger partial charge in [0, 0.05) is 28.2 Å². The molecule has 0 aromatic heterocycles. The summed E-state index contributed by atoms with van der Waals surface area (Å²) in [5.41, 5.74) is 2.24. The van der Waals surface area contributed by atoms with Gasteiger partial charge < -0.3 is 10.6 Å². The van der Waals surface area contributed by atoms with Gasteiger partial charge in [-0.1, -0.05) is 40.9 Å². The van der Waals surface area contributed by atoms with Crippen molar-refractivity contribution in [3.05, 3.63) is 69.7 Å². The number of hydrogen-bond acceptors (Lipinski definition) is 2. The molecule has 25 heavy (non-hydrogen) atoms. The van der Waals surface area contributed by atoms with Gasteiger partial charge in [-0.15, -0.1) is 0 Å². The van der Waals surface area contributed by atoms with Crippen LogP contribution < -0.4 is 10.6 Å². The predicted molar refractivity (Wildman–Crippen MR) is 101 cm³/mol. The van der Waals surface area contributed by atoms with Crippen LogP contribution in [0.5, 0.6) is 0 Å². The molecule has 0 heterocycles. The zero-order chi connectivity index (χ0) is 17.6. The molecule has 130 valence electrons. The number of halogens is 1. The van der Waals surface area contributed by atoms with Gasteiger partial charge in [-0.2, -0.15) is 0 Å². The highest BCUT2D eigenvalue weighted by atomic mass is 79.9. The van der Waals surface area contributed by atoms with Crippen molar-refractivity contribution in [3.8, 4) is 0 Å². The minimum Gasteiger partial charge on any atom is -0.349 e.